The molecule has 1 saturated carbocycles. The van der Waals surface area contributed by atoms with Gasteiger partial charge < -0.3 is 0 Å². The Labute approximate surface area is 84.9 Å². The lowest BCUT2D eigenvalue weighted by molar-refractivity contribution is 0.313. The van der Waals surface area contributed by atoms with Crippen molar-refractivity contribution in [2.24, 2.45) is 17.8 Å². The molecule has 2 unspecified atom stereocenters. The van der Waals surface area contributed by atoms with Crippen LogP contribution in [-0.4, -0.2) is 11.5 Å². The Kier molecular flexibility index (Phi) is 3.16. The summed E-state index contributed by atoms with van der Waals surface area (Å²) in [7, 11) is 0. The number of hydrogen-bond acceptors (Lipinski definition) is 2. The minimum Gasteiger partial charge on any atom is -0.198 e. The molecule has 1 aliphatic heterocycles. The summed E-state index contributed by atoms with van der Waals surface area (Å²) in [5.41, 5.74) is 0. The maximum atomic E-state index is 9.19. The summed E-state index contributed by atoms with van der Waals surface area (Å²) in [5.74, 6) is 4.38. The first-order chi connectivity index (χ1) is 6.42. The lowest BCUT2D eigenvalue weighted by Gasteiger charge is -2.21. The molecule has 2 atom stereocenters. The van der Waals surface area contributed by atoms with Crippen molar-refractivity contribution in [3.05, 3.63) is 0 Å². The normalized spacial score (nSPS) is 31.8. The van der Waals surface area contributed by atoms with Crippen LogP contribution in [0.4, 0.5) is 0 Å². The highest BCUT2D eigenvalue weighted by Gasteiger charge is 2.33. The number of hydrogen-bond donors (Lipinski definition) is 0. The van der Waals surface area contributed by atoms with E-state index in [1.807, 2.05) is 11.8 Å². The summed E-state index contributed by atoms with van der Waals surface area (Å²) in [6.07, 6.45) is 6.66. The summed E-state index contributed by atoms with van der Waals surface area (Å²) in [4.78, 5) is 0. The molecule has 1 heterocycles. The average molecular weight is 195 g/mol. The second kappa shape index (κ2) is 4.37. The second-order valence-corrected chi connectivity index (χ2v) is 5.47. The molecule has 0 aromatic carbocycles. The largest absolute Gasteiger partial charge is 0.198 e. The molecule has 0 aromatic heterocycles. The molecule has 2 rings (SSSR count). The molecule has 0 amide bonds. The van der Waals surface area contributed by atoms with Crippen LogP contribution in [0.5, 0.6) is 0 Å². The molecular formula is C11H17NS. The predicted octanol–water partition coefficient (Wildman–Crippen LogP) is 3.07. The van der Waals surface area contributed by atoms with E-state index in [-0.39, 0.29) is 0 Å². The van der Waals surface area contributed by atoms with E-state index in [1.165, 1.54) is 43.6 Å². The van der Waals surface area contributed by atoms with E-state index in [9.17, 15) is 5.26 Å². The van der Waals surface area contributed by atoms with Gasteiger partial charge in [-0.2, -0.15) is 17.0 Å². The van der Waals surface area contributed by atoms with Gasteiger partial charge in [0, 0.05) is 0 Å². The monoisotopic (exact) mass is 195 g/mol. The molecule has 1 saturated heterocycles. The Morgan fingerprint density at radius 1 is 1.15 bits per heavy atom. The molecule has 0 aromatic rings. The highest BCUT2D eigenvalue weighted by Crippen LogP contribution is 2.40. The zero-order valence-electron chi connectivity index (χ0n) is 8.04. The summed E-state index contributed by atoms with van der Waals surface area (Å²) in [6.45, 7) is 0. The van der Waals surface area contributed by atoms with Gasteiger partial charge in [-0.05, 0) is 42.6 Å². The van der Waals surface area contributed by atoms with E-state index in [2.05, 4.69) is 6.07 Å². The minimum absolute atomic E-state index is 0.387. The third-order valence-electron chi connectivity index (χ3n) is 3.53. The summed E-state index contributed by atoms with van der Waals surface area (Å²) < 4.78 is 0. The van der Waals surface area contributed by atoms with Gasteiger partial charge in [-0.15, -0.1) is 0 Å². The van der Waals surface area contributed by atoms with Gasteiger partial charge in [0.05, 0.1) is 12.0 Å². The Bertz CT molecular complexity index is 181. The van der Waals surface area contributed by atoms with Crippen molar-refractivity contribution in [1.29, 1.82) is 5.26 Å². The fourth-order valence-corrected chi connectivity index (χ4v) is 4.06. The van der Waals surface area contributed by atoms with Gasteiger partial charge in [0.2, 0.25) is 0 Å². The van der Waals surface area contributed by atoms with Crippen LogP contribution in [0.2, 0.25) is 0 Å². The van der Waals surface area contributed by atoms with E-state index >= 15 is 0 Å². The standard InChI is InChI=1S/C11H17NS/c12-7-11(9-3-1-2-4-9)10-5-6-13-8-10/h9-11H,1-6,8H2. The van der Waals surface area contributed by atoms with Crippen LogP contribution in [0.1, 0.15) is 32.1 Å². The zero-order valence-corrected chi connectivity index (χ0v) is 8.85. The Morgan fingerprint density at radius 3 is 2.46 bits per heavy atom. The number of nitriles is 1. The van der Waals surface area contributed by atoms with Crippen molar-refractivity contribution in [2.75, 3.05) is 11.5 Å². The maximum Gasteiger partial charge on any atom is 0.0661 e. The Morgan fingerprint density at radius 2 is 1.92 bits per heavy atom. The van der Waals surface area contributed by atoms with Crippen LogP contribution in [0.25, 0.3) is 0 Å². The van der Waals surface area contributed by atoms with Crippen molar-refractivity contribution in [1.82, 2.24) is 0 Å². The lowest BCUT2D eigenvalue weighted by Crippen LogP contribution is -2.20. The molecule has 1 nitrogen and oxygen atoms in total. The summed E-state index contributed by atoms with van der Waals surface area (Å²) in [5, 5.41) is 9.19. The van der Waals surface area contributed by atoms with E-state index in [0.717, 1.165) is 11.8 Å². The van der Waals surface area contributed by atoms with Gasteiger partial charge in [-0.1, -0.05) is 12.8 Å². The van der Waals surface area contributed by atoms with E-state index < -0.39 is 0 Å². The topological polar surface area (TPSA) is 23.8 Å². The predicted molar refractivity (Wildman–Crippen MR) is 56.5 cm³/mol. The first kappa shape index (κ1) is 9.40. The van der Waals surface area contributed by atoms with Crippen LogP contribution in [0.3, 0.4) is 0 Å². The molecule has 0 N–H and O–H groups in total. The molecule has 72 valence electrons. The van der Waals surface area contributed by atoms with E-state index in [0.29, 0.717) is 5.92 Å². The molecule has 0 radical (unpaired) electrons. The number of nitrogens with zero attached hydrogens (tertiary/aromatic N) is 1. The average Bonchev–Trinajstić information content (AvgIpc) is 2.76. The van der Waals surface area contributed by atoms with Crippen LogP contribution in [0, 0.1) is 29.1 Å². The van der Waals surface area contributed by atoms with Crippen LogP contribution < -0.4 is 0 Å². The first-order valence-corrected chi connectivity index (χ1v) is 6.54. The van der Waals surface area contributed by atoms with Crippen molar-refractivity contribution in [3.63, 3.8) is 0 Å². The van der Waals surface area contributed by atoms with Crippen LogP contribution >= 0.6 is 11.8 Å². The SMILES string of the molecule is N#CC(C1CCCC1)C1CCSC1. The molecule has 2 aliphatic rings. The highest BCUT2D eigenvalue weighted by atomic mass is 32.2. The summed E-state index contributed by atoms with van der Waals surface area (Å²) in [6, 6.07) is 2.57. The lowest BCUT2D eigenvalue weighted by atomic mass is 9.81. The highest BCUT2D eigenvalue weighted by molar-refractivity contribution is 7.99. The number of rotatable bonds is 2. The fraction of sp³-hybridized carbons (Fsp3) is 0.909. The second-order valence-electron chi connectivity index (χ2n) is 4.32. The molecular weight excluding hydrogens is 178 g/mol. The molecule has 13 heavy (non-hydrogen) atoms. The van der Waals surface area contributed by atoms with Crippen LogP contribution in [0.15, 0.2) is 0 Å². The Balaban J connectivity index is 1.95. The third-order valence-corrected chi connectivity index (χ3v) is 4.72. The fourth-order valence-electron chi connectivity index (χ4n) is 2.75. The molecule has 0 spiro atoms. The number of thioether (sulfide) groups is 1. The minimum atomic E-state index is 0.387. The molecule has 0 bridgehead atoms. The van der Waals surface area contributed by atoms with Gasteiger partial charge in [-0.3, -0.25) is 0 Å². The van der Waals surface area contributed by atoms with Crippen molar-refractivity contribution < 1.29 is 0 Å². The van der Waals surface area contributed by atoms with Gasteiger partial charge >= 0.3 is 0 Å². The van der Waals surface area contributed by atoms with Crippen molar-refractivity contribution in [3.8, 4) is 6.07 Å². The first-order valence-electron chi connectivity index (χ1n) is 5.39. The van der Waals surface area contributed by atoms with Gasteiger partial charge in [0.25, 0.3) is 0 Å². The van der Waals surface area contributed by atoms with E-state index in [1.54, 1.807) is 0 Å². The molecule has 2 heteroatoms. The summed E-state index contributed by atoms with van der Waals surface area (Å²) >= 11 is 2.03. The van der Waals surface area contributed by atoms with Crippen molar-refractivity contribution >= 4 is 11.8 Å². The molecule has 1 aliphatic carbocycles. The van der Waals surface area contributed by atoms with Gasteiger partial charge in [-0.25, -0.2) is 0 Å². The zero-order chi connectivity index (χ0) is 9.10. The quantitative estimate of drug-likeness (QED) is 0.676. The smallest absolute Gasteiger partial charge is 0.0661 e. The van der Waals surface area contributed by atoms with Gasteiger partial charge in [0.1, 0.15) is 0 Å². The molecule has 2 fully saturated rings. The van der Waals surface area contributed by atoms with Crippen LogP contribution in [-0.2, 0) is 0 Å². The van der Waals surface area contributed by atoms with Gasteiger partial charge in [0.15, 0.2) is 0 Å². The van der Waals surface area contributed by atoms with Crippen molar-refractivity contribution in [2.45, 2.75) is 32.1 Å². The van der Waals surface area contributed by atoms with E-state index in [4.69, 9.17) is 0 Å². The third kappa shape index (κ3) is 2.02. The Hall–Kier alpha value is -0.160. The maximum absolute atomic E-state index is 9.19.